The highest BCUT2D eigenvalue weighted by molar-refractivity contribution is 6.67. The molecule has 2 heterocycles. The van der Waals surface area contributed by atoms with Crippen molar-refractivity contribution in [3.05, 3.63) is 51.2 Å². The zero-order valence-corrected chi connectivity index (χ0v) is 11.1. The molecule has 0 amide bonds. The molecule has 20 heavy (non-hydrogen) atoms. The van der Waals surface area contributed by atoms with Crippen LogP contribution in [0, 0.1) is 0 Å². The third kappa shape index (κ3) is 5.12. The first kappa shape index (κ1) is 15.7. The molecule has 0 saturated heterocycles. The van der Waals surface area contributed by atoms with Crippen LogP contribution in [-0.2, 0) is 0 Å². The second-order valence-corrected chi connectivity index (χ2v) is 3.91. The number of carbonyl (C=O) groups is 2. The Morgan fingerprint density at radius 1 is 1.20 bits per heavy atom. The van der Waals surface area contributed by atoms with Crippen molar-refractivity contribution < 1.29 is 14.7 Å². The maximum atomic E-state index is 10.4. The summed E-state index contributed by atoms with van der Waals surface area (Å²) in [7, 11) is 0. The quantitative estimate of drug-likeness (QED) is 0.790. The molecule has 0 aliphatic carbocycles. The van der Waals surface area contributed by atoms with Gasteiger partial charge in [0.1, 0.15) is 0 Å². The van der Waals surface area contributed by atoms with Gasteiger partial charge in [0.2, 0.25) is 0 Å². The van der Waals surface area contributed by atoms with E-state index in [0.717, 1.165) is 12.3 Å². The van der Waals surface area contributed by atoms with Crippen LogP contribution in [0.15, 0.2) is 29.3 Å². The van der Waals surface area contributed by atoms with E-state index in [-0.39, 0.29) is 16.3 Å². The Morgan fingerprint density at radius 3 is 2.30 bits per heavy atom. The topological polar surface area (TPSA) is 126 Å². The molecular weight excluding hydrogens is 311 g/mol. The minimum absolute atomic E-state index is 0.108. The molecule has 0 radical (unpaired) electrons. The number of carbonyl (C=O) groups excluding carboxylic acids is 1. The Balaban J connectivity index is 0.000000200. The zero-order chi connectivity index (χ0) is 15.1. The monoisotopic (exact) mass is 316 g/mol. The van der Waals surface area contributed by atoms with Gasteiger partial charge in [0.25, 0.3) is 10.8 Å². The van der Waals surface area contributed by atoms with Gasteiger partial charge in [0.15, 0.2) is 5.15 Å². The molecule has 10 heteroatoms. The number of carboxylic acid groups (broad SMARTS) is 1. The average molecular weight is 317 g/mol. The van der Waals surface area contributed by atoms with Gasteiger partial charge < -0.3 is 5.11 Å². The second-order valence-electron chi connectivity index (χ2n) is 3.18. The van der Waals surface area contributed by atoms with Gasteiger partial charge in [-0.05, 0) is 17.7 Å². The van der Waals surface area contributed by atoms with Crippen molar-refractivity contribution in [2.45, 2.75) is 0 Å². The molecule has 0 aliphatic rings. The summed E-state index contributed by atoms with van der Waals surface area (Å²) in [5.41, 5.74) is -0.370. The minimum Gasteiger partial charge on any atom is -0.478 e. The lowest BCUT2D eigenvalue weighted by Crippen LogP contribution is -2.10. The van der Waals surface area contributed by atoms with E-state index in [9.17, 15) is 14.4 Å². The van der Waals surface area contributed by atoms with Gasteiger partial charge in [-0.15, -0.1) is 5.10 Å². The number of carboxylic acids is 1. The number of nitrogens with zero attached hydrogens (tertiary/aromatic N) is 3. The maximum absolute atomic E-state index is 10.4. The summed E-state index contributed by atoms with van der Waals surface area (Å²) in [6, 6.07) is 2.32. The van der Waals surface area contributed by atoms with Gasteiger partial charge in [0.05, 0.1) is 23.5 Å². The molecule has 0 bridgehead atoms. The lowest BCUT2D eigenvalue weighted by atomic mass is 10.3. The van der Waals surface area contributed by atoms with Crippen molar-refractivity contribution in [3.8, 4) is 0 Å². The lowest BCUT2D eigenvalue weighted by molar-refractivity contribution is 0.0696. The molecule has 0 aliphatic heterocycles. The molecule has 0 saturated carbocycles. The van der Waals surface area contributed by atoms with Crippen LogP contribution in [0.25, 0.3) is 0 Å². The summed E-state index contributed by atoms with van der Waals surface area (Å²) >= 11 is 10.5. The van der Waals surface area contributed by atoms with E-state index in [1.807, 2.05) is 0 Å². The Kier molecular flexibility index (Phi) is 5.75. The van der Waals surface area contributed by atoms with E-state index in [1.54, 1.807) is 0 Å². The number of hydrogen-bond acceptors (Lipinski definition) is 6. The fraction of sp³-hybridized carbons (Fsp3) is 0. The van der Waals surface area contributed by atoms with Crippen molar-refractivity contribution in [1.82, 2.24) is 20.4 Å². The first-order valence-corrected chi connectivity index (χ1v) is 5.62. The van der Waals surface area contributed by atoms with E-state index < -0.39 is 16.8 Å². The minimum atomic E-state index is -1.15. The summed E-state index contributed by atoms with van der Waals surface area (Å²) in [6.45, 7) is 0. The normalized spacial score (nSPS) is 9.30. The standard InChI is InChI=1S/C5H2Cl2N2O.C5H4N2O3/c6-4-1-3(5(7)10)2-8-9-4;8-4-1-3(5(9)10)2-6-7-4/h1-2H;1-2H,(H,7,8)(H,9,10). The van der Waals surface area contributed by atoms with Crippen molar-refractivity contribution >= 4 is 34.4 Å². The smallest absolute Gasteiger partial charge is 0.337 e. The molecule has 0 atom stereocenters. The number of halogens is 2. The molecule has 0 aromatic carbocycles. The molecule has 2 rings (SSSR count). The van der Waals surface area contributed by atoms with E-state index >= 15 is 0 Å². The highest BCUT2D eigenvalue weighted by atomic mass is 35.5. The van der Waals surface area contributed by atoms with Gasteiger partial charge in [-0.2, -0.15) is 10.2 Å². The average Bonchev–Trinajstić information content (AvgIpc) is 2.39. The summed E-state index contributed by atoms with van der Waals surface area (Å²) in [4.78, 5) is 31.0. The van der Waals surface area contributed by atoms with Gasteiger partial charge in [-0.3, -0.25) is 9.59 Å². The molecule has 0 spiro atoms. The number of aromatic carboxylic acids is 1. The fourth-order valence-electron chi connectivity index (χ4n) is 0.941. The molecule has 0 unspecified atom stereocenters. The fourth-order valence-corrected chi connectivity index (χ4v) is 1.21. The van der Waals surface area contributed by atoms with Crippen molar-refractivity contribution in [2.24, 2.45) is 0 Å². The van der Waals surface area contributed by atoms with Crippen LogP contribution < -0.4 is 5.56 Å². The Labute approximate surface area is 121 Å². The maximum Gasteiger partial charge on any atom is 0.337 e. The number of rotatable bonds is 2. The Bertz CT molecular complexity index is 689. The number of aromatic amines is 1. The molecular formula is C10H6Cl2N4O4. The SMILES string of the molecule is O=C(Cl)c1cnnc(Cl)c1.O=C(O)c1cn[nH]c(=O)c1. The van der Waals surface area contributed by atoms with Crippen molar-refractivity contribution in [3.63, 3.8) is 0 Å². The van der Waals surface area contributed by atoms with E-state index in [2.05, 4.69) is 20.4 Å². The van der Waals surface area contributed by atoms with E-state index in [1.165, 1.54) is 12.3 Å². The number of aromatic nitrogens is 4. The van der Waals surface area contributed by atoms with Gasteiger partial charge in [-0.1, -0.05) is 11.6 Å². The Morgan fingerprint density at radius 2 is 1.90 bits per heavy atom. The molecule has 8 nitrogen and oxygen atoms in total. The largest absolute Gasteiger partial charge is 0.478 e. The second kappa shape index (κ2) is 7.31. The van der Waals surface area contributed by atoms with E-state index in [4.69, 9.17) is 28.3 Å². The number of hydrogen-bond donors (Lipinski definition) is 2. The first-order valence-electron chi connectivity index (χ1n) is 4.86. The summed E-state index contributed by atoms with van der Waals surface area (Å²) < 4.78 is 0. The van der Waals surface area contributed by atoms with Crippen molar-refractivity contribution in [1.29, 1.82) is 0 Å². The predicted octanol–water partition coefficient (Wildman–Crippen LogP) is 0.977. The van der Waals surface area contributed by atoms with Crippen LogP contribution in [0.5, 0.6) is 0 Å². The zero-order valence-electron chi connectivity index (χ0n) is 9.58. The van der Waals surface area contributed by atoms with Crippen molar-refractivity contribution in [2.75, 3.05) is 0 Å². The summed E-state index contributed by atoms with van der Waals surface area (Å²) in [6.07, 6.45) is 2.32. The van der Waals surface area contributed by atoms with Crippen LogP contribution >= 0.6 is 23.2 Å². The third-order valence-electron chi connectivity index (χ3n) is 1.76. The van der Waals surface area contributed by atoms with E-state index in [0.29, 0.717) is 0 Å². The third-order valence-corrected chi connectivity index (χ3v) is 2.17. The lowest BCUT2D eigenvalue weighted by Gasteiger charge is -1.89. The first-order chi connectivity index (χ1) is 9.40. The molecule has 0 fully saturated rings. The molecule has 2 N–H and O–H groups in total. The predicted molar refractivity (Wildman–Crippen MR) is 69.0 cm³/mol. The van der Waals surface area contributed by atoms with Crippen LogP contribution in [0.1, 0.15) is 20.7 Å². The molecule has 104 valence electrons. The van der Waals surface area contributed by atoms with Gasteiger partial charge >= 0.3 is 5.97 Å². The van der Waals surface area contributed by atoms with Crippen LogP contribution in [0.4, 0.5) is 0 Å². The summed E-state index contributed by atoms with van der Waals surface area (Å²) in [5.74, 6) is -1.15. The van der Waals surface area contributed by atoms with Crippen LogP contribution in [0.3, 0.4) is 0 Å². The summed E-state index contributed by atoms with van der Waals surface area (Å²) in [5, 5.41) is 20.1. The highest BCUT2D eigenvalue weighted by Gasteiger charge is 2.02. The number of nitrogens with one attached hydrogen (secondary N) is 1. The van der Waals surface area contributed by atoms with Crippen LogP contribution in [-0.4, -0.2) is 36.7 Å². The Hall–Kier alpha value is -2.32. The molecule has 2 aromatic rings. The highest BCUT2D eigenvalue weighted by Crippen LogP contribution is 2.06. The molecule has 2 aromatic heterocycles. The van der Waals surface area contributed by atoms with Gasteiger partial charge in [0, 0.05) is 6.07 Å². The number of H-pyrrole nitrogens is 1. The van der Waals surface area contributed by atoms with Gasteiger partial charge in [-0.25, -0.2) is 9.89 Å². The van der Waals surface area contributed by atoms with Crippen LogP contribution in [0.2, 0.25) is 5.15 Å².